The number of fused-ring (bicyclic) bond motifs is 4. The van der Waals surface area contributed by atoms with E-state index in [1.165, 1.54) is 19.1 Å². The summed E-state index contributed by atoms with van der Waals surface area (Å²) in [6, 6.07) is 8.27. The largest absolute Gasteiger partial charge is 0.483 e. The zero-order chi connectivity index (χ0) is 22.6. The van der Waals surface area contributed by atoms with Crippen molar-refractivity contribution >= 4 is 22.4 Å². The summed E-state index contributed by atoms with van der Waals surface area (Å²) >= 11 is 0. The number of rotatable bonds is 4. The topological polar surface area (TPSA) is 107 Å². The second-order valence-corrected chi connectivity index (χ2v) is 10.9. The van der Waals surface area contributed by atoms with Crippen LogP contribution in [0, 0.1) is 18.8 Å². The molecule has 0 aromatic heterocycles. The molecule has 2 bridgehead atoms. The van der Waals surface area contributed by atoms with Crippen LogP contribution in [0.3, 0.4) is 0 Å². The fourth-order valence-corrected chi connectivity index (χ4v) is 6.35. The minimum atomic E-state index is -3.18. The molecule has 4 atom stereocenters. The van der Waals surface area contributed by atoms with Crippen molar-refractivity contribution in [2.24, 2.45) is 11.8 Å². The van der Waals surface area contributed by atoms with Gasteiger partial charge in [0.25, 0.3) is 12.4 Å². The highest BCUT2D eigenvalue weighted by Crippen LogP contribution is 2.41. The minimum absolute atomic E-state index is 0.0496. The quantitative estimate of drug-likeness (QED) is 0.673. The van der Waals surface area contributed by atoms with Crippen molar-refractivity contribution in [2.45, 2.75) is 44.7 Å². The Morgan fingerprint density at radius 1 is 1.19 bits per heavy atom. The van der Waals surface area contributed by atoms with Gasteiger partial charge in [0.2, 0.25) is 10.0 Å². The van der Waals surface area contributed by atoms with E-state index in [-0.39, 0.29) is 24.3 Å². The van der Waals surface area contributed by atoms with Crippen LogP contribution in [0.2, 0.25) is 0 Å². The maximum atomic E-state index is 12.6. The highest BCUT2D eigenvalue weighted by atomic mass is 32.2. The average Bonchev–Trinajstić information content (AvgIpc) is 2.74. The number of nitrogens with zero attached hydrogens (tertiary/aromatic N) is 2. The lowest BCUT2D eigenvalue weighted by atomic mass is 9.73. The molecular weight excluding hydrogens is 418 g/mol. The van der Waals surface area contributed by atoms with E-state index in [0.29, 0.717) is 37.2 Å². The molecule has 3 heterocycles. The molecule has 1 amide bonds. The molecule has 3 saturated heterocycles. The van der Waals surface area contributed by atoms with Crippen molar-refractivity contribution in [3.05, 3.63) is 35.4 Å². The van der Waals surface area contributed by atoms with Crippen LogP contribution in [-0.4, -0.2) is 79.6 Å². The van der Waals surface area contributed by atoms with Crippen LogP contribution in [0.15, 0.2) is 24.3 Å². The standard InChI is InChI=1S/C21H31N3O3S.CH2O2/c1-15-6-8-16(9-7-15)21(25)22-12-20-18-11-17(13-23(14-18)28(2,26)27)19-5-3-4-10-24(19)20;2-1-3/h6-9,17-20H,3-5,10-14H2,1-2H3,(H,22,25);1H,(H,2,3)/t17-,18+,19+,20+;/m1./s1. The Labute approximate surface area is 184 Å². The Bertz CT molecular complexity index is 874. The fourth-order valence-electron chi connectivity index (χ4n) is 5.42. The molecule has 8 nitrogen and oxygen atoms in total. The van der Waals surface area contributed by atoms with Crippen molar-refractivity contribution in [1.82, 2.24) is 14.5 Å². The van der Waals surface area contributed by atoms with Gasteiger partial charge in [-0.25, -0.2) is 12.7 Å². The van der Waals surface area contributed by atoms with Crippen molar-refractivity contribution in [3.63, 3.8) is 0 Å². The molecule has 0 saturated carbocycles. The molecule has 31 heavy (non-hydrogen) atoms. The molecule has 3 fully saturated rings. The molecule has 0 aliphatic carbocycles. The van der Waals surface area contributed by atoms with Crippen LogP contribution in [-0.2, 0) is 14.8 Å². The van der Waals surface area contributed by atoms with Gasteiger partial charge in [-0.1, -0.05) is 24.1 Å². The second-order valence-electron chi connectivity index (χ2n) is 8.89. The van der Waals surface area contributed by atoms with E-state index in [1.54, 1.807) is 4.31 Å². The van der Waals surface area contributed by atoms with Crippen LogP contribution in [0.1, 0.15) is 41.6 Å². The van der Waals surface area contributed by atoms with Crippen LogP contribution in [0.25, 0.3) is 0 Å². The SMILES string of the molecule is Cc1ccc(C(=O)NC[C@H]2[C@H]3C[C@H](CN(S(C)(=O)=O)C3)[C@@H]3CCCCN32)cc1.O=CO. The molecule has 3 aliphatic rings. The first-order valence-electron chi connectivity index (χ1n) is 10.9. The van der Waals surface area contributed by atoms with E-state index < -0.39 is 10.0 Å². The van der Waals surface area contributed by atoms with E-state index in [2.05, 4.69) is 10.2 Å². The van der Waals surface area contributed by atoms with Gasteiger partial charge in [-0.3, -0.25) is 14.5 Å². The third-order valence-electron chi connectivity index (χ3n) is 6.84. The number of hydrogen-bond donors (Lipinski definition) is 2. The minimum Gasteiger partial charge on any atom is -0.483 e. The third-order valence-corrected chi connectivity index (χ3v) is 8.08. The molecule has 9 heteroatoms. The number of nitrogens with one attached hydrogen (secondary N) is 1. The fraction of sp³-hybridized carbons (Fsp3) is 0.636. The summed E-state index contributed by atoms with van der Waals surface area (Å²) in [5, 5.41) is 10.0. The number of amides is 1. The zero-order valence-corrected chi connectivity index (χ0v) is 19.1. The Balaban J connectivity index is 0.000000858. The lowest BCUT2D eigenvalue weighted by molar-refractivity contribution is -0.122. The lowest BCUT2D eigenvalue weighted by Crippen LogP contribution is -2.66. The molecule has 0 unspecified atom stereocenters. The number of piperidine rings is 3. The Morgan fingerprint density at radius 3 is 2.48 bits per heavy atom. The Kier molecular flexibility index (Phi) is 7.72. The predicted molar refractivity (Wildman–Crippen MR) is 118 cm³/mol. The van der Waals surface area contributed by atoms with Gasteiger partial charge < -0.3 is 10.4 Å². The van der Waals surface area contributed by atoms with Crippen LogP contribution in [0.4, 0.5) is 0 Å². The van der Waals surface area contributed by atoms with Gasteiger partial charge >= 0.3 is 0 Å². The maximum Gasteiger partial charge on any atom is 0.290 e. The van der Waals surface area contributed by atoms with Gasteiger partial charge in [0.15, 0.2) is 0 Å². The van der Waals surface area contributed by atoms with Gasteiger partial charge in [0.1, 0.15) is 0 Å². The third kappa shape index (κ3) is 5.64. The van der Waals surface area contributed by atoms with E-state index in [1.807, 2.05) is 31.2 Å². The smallest absolute Gasteiger partial charge is 0.290 e. The first kappa shape index (κ1) is 23.7. The molecule has 172 valence electrons. The number of aryl methyl sites for hydroxylation is 1. The molecule has 3 aliphatic heterocycles. The molecule has 1 aromatic rings. The number of carbonyl (C=O) groups is 2. The predicted octanol–water partition coefficient (Wildman–Crippen LogP) is 1.56. The van der Waals surface area contributed by atoms with Crippen molar-refractivity contribution in [1.29, 1.82) is 0 Å². The second kappa shape index (κ2) is 10.1. The summed E-state index contributed by atoms with van der Waals surface area (Å²) in [6.07, 6.45) is 5.92. The number of benzene rings is 1. The summed E-state index contributed by atoms with van der Waals surface area (Å²) < 4.78 is 26.1. The van der Waals surface area contributed by atoms with E-state index in [9.17, 15) is 13.2 Å². The Hall–Kier alpha value is -1.97. The zero-order valence-electron chi connectivity index (χ0n) is 18.2. The van der Waals surface area contributed by atoms with Crippen LogP contribution >= 0.6 is 0 Å². The normalized spacial score (nSPS) is 28.6. The van der Waals surface area contributed by atoms with Gasteiger partial charge in [-0.15, -0.1) is 0 Å². The summed E-state index contributed by atoms with van der Waals surface area (Å²) in [4.78, 5) is 23.6. The molecule has 2 N–H and O–H groups in total. The molecule has 1 aromatic carbocycles. The monoisotopic (exact) mass is 451 g/mol. The van der Waals surface area contributed by atoms with Gasteiger partial charge in [-0.05, 0) is 56.7 Å². The van der Waals surface area contributed by atoms with Gasteiger partial charge in [0, 0.05) is 37.3 Å². The first-order chi connectivity index (χ1) is 14.7. The average molecular weight is 452 g/mol. The Morgan fingerprint density at radius 2 is 1.84 bits per heavy atom. The van der Waals surface area contributed by atoms with Crippen molar-refractivity contribution in [3.8, 4) is 0 Å². The van der Waals surface area contributed by atoms with Crippen molar-refractivity contribution < 1.29 is 23.1 Å². The highest BCUT2D eigenvalue weighted by Gasteiger charge is 2.48. The number of carbonyl (C=O) groups excluding carboxylic acids is 1. The van der Waals surface area contributed by atoms with E-state index >= 15 is 0 Å². The maximum absolute atomic E-state index is 12.6. The first-order valence-corrected chi connectivity index (χ1v) is 12.7. The van der Waals surface area contributed by atoms with Gasteiger partial charge in [0.05, 0.1) is 6.26 Å². The van der Waals surface area contributed by atoms with E-state index in [0.717, 1.165) is 24.9 Å². The van der Waals surface area contributed by atoms with Gasteiger partial charge in [-0.2, -0.15) is 0 Å². The summed E-state index contributed by atoms with van der Waals surface area (Å²) in [6.45, 7) is 4.62. The molecule has 4 rings (SSSR count). The molecule has 0 radical (unpaired) electrons. The lowest BCUT2D eigenvalue weighted by Gasteiger charge is -2.56. The number of carboxylic acid groups (broad SMARTS) is 1. The van der Waals surface area contributed by atoms with Crippen LogP contribution in [0.5, 0.6) is 0 Å². The summed E-state index contributed by atoms with van der Waals surface area (Å²) in [5.41, 5.74) is 1.81. The molecular formula is C22H33N3O5S. The highest BCUT2D eigenvalue weighted by molar-refractivity contribution is 7.88. The summed E-state index contributed by atoms with van der Waals surface area (Å²) in [5.74, 6) is 0.644. The van der Waals surface area contributed by atoms with Crippen LogP contribution < -0.4 is 5.32 Å². The number of sulfonamides is 1. The van der Waals surface area contributed by atoms with Crippen molar-refractivity contribution in [2.75, 3.05) is 32.4 Å². The van der Waals surface area contributed by atoms with E-state index in [4.69, 9.17) is 9.90 Å². The summed E-state index contributed by atoms with van der Waals surface area (Å²) in [7, 11) is -3.18. The number of hydrogen-bond acceptors (Lipinski definition) is 5. The molecule has 0 spiro atoms.